The lowest BCUT2D eigenvalue weighted by molar-refractivity contribution is 0.0237. The summed E-state index contributed by atoms with van der Waals surface area (Å²) in [4.78, 5) is 57.8. The average molecular weight is 907 g/mol. The Balaban J connectivity index is 0.000000168. The van der Waals surface area contributed by atoms with Crippen LogP contribution < -0.4 is 15.1 Å². The maximum Gasteiger partial charge on any atom is 0.410 e. The van der Waals surface area contributed by atoms with E-state index in [1.165, 1.54) is 0 Å². The molecule has 67 heavy (non-hydrogen) atoms. The van der Waals surface area contributed by atoms with Crippen LogP contribution >= 0.6 is 0 Å². The third-order valence-corrected chi connectivity index (χ3v) is 11.4. The van der Waals surface area contributed by atoms with Gasteiger partial charge >= 0.3 is 12.2 Å². The van der Waals surface area contributed by atoms with Gasteiger partial charge in [-0.3, -0.25) is 9.97 Å². The van der Waals surface area contributed by atoms with Crippen molar-refractivity contribution in [1.29, 1.82) is 0 Å². The number of fused-ring (bicyclic) bond motifs is 4. The number of ether oxygens (including phenoxy) is 2. The van der Waals surface area contributed by atoms with Crippen molar-refractivity contribution in [2.24, 2.45) is 0 Å². The third kappa shape index (κ3) is 10.6. The number of nitrogens with one attached hydrogen (secondary N) is 1. The second kappa shape index (κ2) is 18.3. The number of hydrogen-bond donors (Lipinski definition) is 1. The van der Waals surface area contributed by atoms with E-state index in [1.54, 1.807) is 46.1 Å². The van der Waals surface area contributed by atoms with Crippen LogP contribution in [-0.4, -0.2) is 133 Å². The van der Waals surface area contributed by atoms with Gasteiger partial charge in [-0.2, -0.15) is 0 Å². The molecule has 0 spiro atoms. The summed E-state index contributed by atoms with van der Waals surface area (Å²) >= 11 is 0. The maximum absolute atomic E-state index is 12.5. The molecule has 20 heteroatoms. The molecule has 8 aromatic rings. The summed E-state index contributed by atoms with van der Waals surface area (Å²) in [6, 6.07) is 20.3. The summed E-state index contributed by atoms with van der Waals surface area (Å²) < 4.78 is 14.4. The number of carbonyl (C=O) groups excluding carboxylic acids is 2. The maximum atomic E-state index is 12.5. The predicted octanol–water partition coefficient (Wildman–Crippen LogP) is 6.18. The van der Waals surface area contributed by atoms with Gasteiger partial charge in [0.15, 0.2) is 11.3 Å². The van der Waals surface area contributed by atoms with Gasteiger partial charge in [-0.1, -0.05) is 34.7 Å². The quantitative estimate of drug-likeness (QED) is 0.180. The van der Waals surface area contributed by atoms with Gasteiger partial charge in [-0.25, -0.2) is 38.9 Å². The molecular formula is C47H54N16O4. The van der Waals surface area contributed by atoms with Gasteiger partial charge in [0.1, 0.15) is 22.8 Å². The van der Waals surface area contributed by atoms with E-state index in [1.807, 2.05) is 90.1 Å². The van der Waals surface area contributed by atoms with Crippen molar-refractivity contribution in [3.05, 3.63) is 96.6 Å². The summed E-state index contributed by atoms with van der Waals surface area (Å²) in [6.45, 7) is 15.1. The number of carbonyl (C=O) groups is 2. The second-order valence-electron chi connectivity index (χ2n) is 18.9. The lowest BCUT2D eigenvalue weighted by Crippen LogP contribution is -2.42. The number of rotatable bonds is 8. The molecule has 0 aliphatic carbocycles. The van der Waals surface area contributed by atoms with Crippen molar-refractivity contribution in [2.75, 3.05) is 43.0 Å². The average Bonchev–Trinajstić information content (AvgIpc) is 4.13. The Morgan fingerprint density at radius 1 is 0.687 bits per heavy atom. The number of benzene rings is 2. The molecule has 2 fully saturated rings. The highest BCUT2D eigenvalue weighted by Crippen LogP contribution is 2.25. The first-order valence-corrected chi connectivity index (χ1v) is 22.4. The normalized spacial score (nSPS) is 16.4. The van der Waals surface area contributed by atoms with Gasteiger partial charge in [-0.15, -0.1) is 10.2 Å². The molecule has 8 heterocycles. The molecule has 0 unspecified atom stereocenters. The van der Waals surface area contributed by atoms with Crippen LogP contribution in [0, 0.1) is 0 Å². The molecular weight excluding hydrogens is 853 g/mol. The van der Waals surface area contributed by atoms with Gasteiger partial charge in [0.05, 0.1) is 48.6 Å². The van der Waals surface area contributed by atoms with E-state index >= 15 is 0 Å². The molecule has 0 saturated carbocycles. The topological polar surface area (TPSA) is 213 Å². The highest BCUT2D eigenvalue weighted by molar-refractivity contribution is 5.80. The van der Waals surface area contributed by atoms with Gasteiger partial charge in [0, 0.05) is 56.4 Å². The molecule has 10 rings (SSSR count). The monoisotopic (exact) mass is 906 g/mol. The molecule has 2 saturated heterocycles. The fourth-order valence-electron chi connectivity index (χ4n) is 8.11. The Kier molecular flexibility index (Phi) is 12.2. The molecule has 346 valence electrons. The van der Waals surface area contributed by atoms with Crippen LogP contribution in [0.5, 0.6) is 0 Å². The lowest BCUT2D eigenvalue weighted by Gasteiger charge is -2.28. The zero-order valence-corrected chi connectivity index (χ0v) is 38.7. The van der Waals surface area contributed by atoms with E-state index in [0.29, 0.717) is 48.8 Å². The largest absolute Gasteiger partial charge is 0.444 e. The van der Waals surface area contributed by atoms with Gasteiger partial charge in [0.2, 0.25) is 11.3 Å². The smallest absolute Gasteiger partial charge is 0.410 e. The SMILES string of the molecule is CC(C)(C)OC(=O)N[C@@H]1CCN(c2cnc3nnn(Cc4ccc5ncccc5c4)c3n2)C1.CN(C(=O)OC(C)(C)C)[C@@H]1CCN(c2cnc3nnn(Cc4ccc5ncccc5c4)c3n2)C1. The fraction of sp³-hybridized carbons (Fsp3) is 0.404. The lowest BCUT2D eigenvalue weighted by atomic mass is 10.1. The predicted molar refractivity (Wildman–Crippen MR) is 253 cm³/mol. The Morgan fingerprint density at radius 2 is 1.21 bits per heavy atom. The minimum absolute atomic E-state index is 0.00779. The van der Waals surface area contributed by atoms with Gasteiger partial charge < -0.3 is 29.5 Å². The number of amides is 2. The highest BCUT2D eigenvalue weighted by atomic mass is 16.6. The minimum Gasteiger partial charge on any atom is -0.444 e. The van der Waals surface area contributed by atoms with Gasteiger partial charge in [0.25, 0.3) is 0 Å². The van der Waals surface area contributed by atoms with Crippen LogP contribution in [0.2, 0.25) is 0 Å². The Labute approximate surface area is 386 Å². The summed E-state index contributed by atoms with van der Waals surface area (Å²) in [5.74, 6) is 1.49. The first-order chi connectivity index (χ1) is 32.1. The number of likely N-dealkylation sites (N-methyl/N-ethyl adjacent to an activating group) is 1. The molecule has 2 atom stereocenters. The van der Waals surface area contributed by atoms with Crippen LogP contribution in [-0.2, 0) is 22.6 Å². The Bertz CT molecular complexity index is 3070. The van der Waals surface area contributed by atoms with E-state index in [9.17, 15) is 9.59 Å². The van der Waals surface area contributed by atoms with E-state index in [4.69, 9.17) is 19.4 Å². The summed E-state index contributed by atoms with van der Waals surface area (Å²) in [7, 11) is 1.79. The highest BCUT2D eigenvalue weighted by Gasteiger charge is 2.32. The van der Waals surface area contributed by atoms with Crippen LogP contribution in [0.25, 0.3) is 44.4 Å². The summed E-state index contributed by atoms with van der Waals surface area (Å²) in [5.41, 5.74) is 5.30. The third-order valence-electron chi connectivity index (χ3n) is 11.4. The number of anilines is 2. The Morgan fingerprint density at radius 3 is 1.75 bits per heavy atom. The molecule has 2 amide bonds. The molecule has 0 radical (unpaired) electrons. The van der Waals surface area contributed by atoms with Crippen molar-refractivity contribution in [3.8, 4) is 0 Å². The second-order valence-corrected chi connectivity index (χ2v) is 18.9. The molecule has 20 nitrogen and oxygen atoms in total. The van der Waals surface area contributed by atoms with E-state index in [-0.39, 0.29) is 18.2 Å². The van der Waals surface area contributed by atoms with Crippen LogP contribution in [0.1, 0.15) is 65.5 Å². The number of hydrogen-bond acceptors (Lipinski definition) is 16. The summed E-state index contributed by atoms with van der Waals surface area (Å²) in [6.07, 6.45) is 7.93. The molecule has 2 aliphatic rings. The zero-order chi connectivity index (χ0) is 46.9. The van der Waals surface area contributed by atoms with Crippen molar-refractivity contribution < 1.29 is 19.1 Å². The number of nitrogens with zero attached hydrogens (tertiary/aromatic N) is 15. The molecule has 2 aromatic carbocycles. The number of alkyl carbamates (subject to hydrolysis) is 1. The van der Waals surface area contributed by atoms with Crippen molar-refractivity contribution >= 4 is 68.2 Å². The van der Waals surface area contributed by atoms with Crippen molar-refractivity contribution in [2.45, 2.75) is 90.8 Å². The van der Waals surface area contributed by atoms with Crippen molar-refractivity contribution in [1.82, 2.24) is 70.1 Å². The van der Waals surface area contributed by atoms with E-state index in [0.717, 1.165) is 70.5 Å². The van der Waals surface area contributed by atoms with Crippen LogP contribution in [0.15, 0.2) is 85.5 Å². The molecule has 6 aromatic heterocycles. The Hall–Kier alpha value is -7.64. The summed E-state index contributed by atoms with van der Waals surface area (Å²) in [5, 5.41) is 22.0. The van der Waals surface area contributed by atoms with Gasteiger partial charge in [-0.05, 0) is 102 Å². The van der Waals surface area contributed by atoms with E-state index < -0.39 is 17.3 Å². The fourth-order valence-corrected chi connectivity index (χ4v) is 8.11. The van der Waals surface area contributed by atoms with Crippen LogP contribution in [0.4, 0.5) is 21.2 Å². The number of pyridine rings is 2. The first kappa shape index (κ1) is 44.6. The van der Waals surface area contributed by atoms with Crippen molar-refractivity contribution in [3.63, 3.8) is 0 Å². The molecule has 2 aliphatic heterocycles. The minimum atomic E-state index is -0.522. The standard InChI is InChI=1S/C24H28N8O2.C23H26N8O2/c1-24(2,3)34-23(33)30(4)18-9-11-31(15-18)20-13-26-21-22(27-20)32(29-28-21)14-16-7-8-19-17(12-16)6-5-10-25-19;1-23(2,3)33-22(32)26-17-8-10-30(14-17)19-12-25-20-21(27-19)31(29-28-20)13-15-6-7-18-16(11-15)5-4-9-24-18/h5-8,10,12-13,18H,9,11,14-15H2,1-4H3;4-7,9,11-12,17H,8,10,13-14H2,1-3H3,(H,26,32)/t18-;17-/m11/s1. The first-order valence-electron chi connectivity index (χ1n) is 22.4. The van der Waals surface area contributed by atoms with Crippen LogP contribution in [0.3, 0.4) is 0 Å². The molecule has 1 N–H and O–H groups in total. The number of aromatic nitrogens is 12. The molecule has 0 bridgehead atoms. The van der Waals surface area contributed by atoms with E-state index in [2.05, 4.69) is 67.8 Å². The zero-order valence-electron chi connectivity index (χ0n) is 38.7.